The molecule has 0 aliphatic carbocycles. The van der Waals surface area contributed by atoms with E-state index in [0.717, 1.165) is 6.42 Å². The van der Waals surface area contributed by atoms with Gasteiger partial charge in [0.15, 0.2) is 0 Å². The van der Waals surface area contributed by atoms with Crippen molar-refractivity contribution >= 4 is 17.9 Å². The van der Waals surface area contributed by atoms with Crippen molar-refractivity contribution in [3.05, 3.63) is 5.89 Å². The number of amides is 1. The average Bonchev–Trinajstić information content (AvgIpc) is 2.81. The number of thioether (sulfide) groups is 1. The van der Waals surface area contributed by atoms with E-state index in [2.05, 4.69) is 15.5 Å². The number of nitrogens with one attached hydrogen (secondary N) is 1. The standard InChI is InChI=1S/C13H23N3O3S/c1-7-8(2)9(10-15-16-12(18-10)20-6)14-11(17)19-13(3,4)5/h8-9H,7H2,1-6H3,(H,14,17)/t8?,9-/m0/s1. The van der Waals surface area contributed by atoms with Crippen LogP contribution in [0.1, 0.15) is 53.0 Å². The van der Waals surface area contributed by atoms with Gasteiger partial charge in [0.2, 0.25) is 5.89 Å². The van der Waals surface area contributed by atoms with E-state index in [1.54, 1.807) is 0 Å². The van der Waals surface area contributed by atoms with E-state index >= 15 is 0 Å². The number of ether oxygens (including phenoxy) is 1. The van der Waals surface area contributed by atoms with Crippen LogP contribution in [0.25, 0.3) is 0 Å². The maximum absolute atomic E-state index is 11.9. The first-order valence-corrected chi connectivity index (χ1v) is 7.86. The first kappa shape index (κ1) is 16.8. The summed E-state index contributed by atoms with van der Waals surface area (Å²) in [5.41, 5.74) is -0.538. The highest BCUT2D eigenvalue weighted by Gasteiger charge is 2.28. The minimum Gasteiger partial charge on any atom is -0.444 e. The van der Waals surface area contributed by atoms with E-state index in [0.29, 0.717) is 11.1 Å². The van der Waals surface area contributed by atoms with Gasteiger partial charge in [-0.15, -0.1) is 10.2 Å². The van der Waals surface area contributed by atoms with Gasteiger partial charge in [-0.1, -0.05) is 32.0 Å². The number of carbonyl (C=O) groups is 1. The Bertz CT molecular complexity index is 442. The maximum atomic E-state index is 11.9. The molecule has 0 bridgehead atoms. The van der Waals surface area contributed by atoms with Crippen LogP contribution in [0.2, 0.25) is 0 Å². The van der Waals surface area contributed by atoms with Gasteiger partial charge in [0.25, 0.3) is 5.22 Å². The second-order valence-electron chi connectivity index (χ2n) is 5.62. The average molecular weight is 301 g/mol. The van der Waals surface area contributed by atoms with Crippen LogP contribution in [0.5, 0.6) is 0 Å². The van der Waals surface area contributed by atoms with Crippen molar-refractivity contribution in [1.82, 2.24) is 15.5 Å². The first-order valence-electron chi connectivity index (χ1n) is 6.63. The fourth-order valence-electron chi connectivity index (χ4n) is 1.55. The van der Waals surface area contributed by atoms with Crippen LogP contribution in [-0.2, 0) is 4.74 Å². The highest BCUT2D eigenvalue weighted by molar-refractivity contribution is 7.98. The Morgan fingerprint density at radius 1 is 1.45 bits per heavy atom. The van der Waals surface area contributed by atoms with Crippen molar-refractivity contribution < 1.29 is 13.9 Å². The minimum absolute atomic E-state index is 0.165. The van der Waals surface area contributed by atoms with E-state index < -0.39 is 11.7 Å². The molecule has 1 heterocycles. The highest BCUT2D eigenvalue weighted by Crippen LogP contribution is 2.26. The molecule has 0 aliphatic heterocycles. The van der Waals surface area contributed by atoms with Crippen LogP contribution in [0, 0.1) is 5.92 Å². The summed E-state index contributed by atoms with van der Waals surface area (Å²) in [6.45, 7) is 9.53. The Hall–Kier alpha value is -1.24. The number of hydrogen-bond acceptors (Lipinski definition) is 6. The summed E-state index contributed by atoms with van der Waals surface area (Å²) in [4.78, 5) is 11.9. The van der Waals surface area contributed by atoms with Gasteiger partial charge in [-0.2, -0.15) is 0 Å². The van der Waals surface area contributed by atoms with Gasteiger partial charge in [0, 0.05) is 0 Å². The third-order valence-corrected chi connectivity index (χ3v) is 3.26. The molecule has 1 amide bonds. The molecule has 0 radical (unpaired) electrons. The van der Waals surface area contributed by atoms with Gasteiger partial charge in [-0.25, -0.2) is 4.79 Å². The first-order chi connectivity index (χ1) is 9.26. The molecule has 6 nitrogen and oxygen atoms in total. The minimum atomic E-state index is -0.538. The molecule has 0 fully saturated rings. The Kier molecular flexibility index (Phi) is 5.86. The van der Waals surface area contributed by atoms with Crippen molar-refractivity contribution in [3.8, 4) is 0 Å². The summed E-state index contributed by atoms with van der Waals surface area (Å²) < 4.78 is 10.8. The molecule has 0 saturated heterocycles. The number of alkyl carbamates (subject to hydrolysis) is 1. The number of nitrogens with zero attached hydrogens (tertiary/aromatic N) is 2. The molecule has 1 rings (SSSR count). The Morgan fingerprint density at radius 2 is 2.10 bits per heavy atom. The monoisotopic (exact) mass is 301 g/mol. The van der Waals surface area contributed by atoms with E-state index in [1.165, 1.54) is 11.8 Å². The lowest BCUT2D eigenvalue weighted by Gasteiger charge is -2.24. The number of hydrogen-bond donors (Lipinski definition) is 1. The van der Waals surface area contributed by atoms with E-state index in [1.807, 2.05) is 40.9 Å². The number of aromatic nitrogens is 2. The normalized spacial score (nSPS) is 14.7. The highest BCUT2D eigenvalue weighted by atomic mass is 32.2. The Labute approximate surface area is 124 Å². The number of rotatable bonds is 5. The van der Waals surface area contributed by atoms with Crippen LogP contribution < -0.4 is 5.32 Å². The van der Waals surface area contributed by atoms with Crippen LogP contribution in [0.4, 0.5) is 4.79 Å². The predicted molar refractivity (Wildman–Crippen MR) is 77.6 cm³/mol. The van der Waals surface area contributed by atoms with E-state index in [4.69, 9.17) is 9.15 Å². The van der Waals surface area contributed by atoms with Crippen molar-refractivity contribution in [2.45, 2.75) is 57.9 Å². The third kappa shape index (κ3) is 5.03. The van der Waals surface area contributed by atoms with Crippen molar-refractivity contribution in [1.29, 1.82) is 0 Å². The Morgan fingerprint density at radius 3 is 2.55 bits per heavy atom. The van der Waals surface area contributed by atoms with Crippen molar-refractivity contribution in [3.63, 3.8) is 0 Å². The lowest BCUT2D eigenvalue weighted by atomic mass is 9.99. The second kappa shape index (κ2) is 6.97. The third-order valence-electron chi connectivity index (χ3n) is 2.75. The smallest absolute Gasteiger partial charge is 0.408 e. The molecular formula is C13H23N3O3S. The van der Waals surface area contributed by atoms with Gasteiger partial charge < -0.3 is 14.5 Å². The number of carbonyl (C=O) groups excluding carboxylic acids is 1. The zero-order valence-corrected chi connectivity index (χ0v) is 13.7. The quantitative estimate of drug-likeness (QED) is 0.840. The zero-order chi connectivity index (χ0) is 15.3. The maximum Gasteiger partial charge on any atom is 0.408 e. The Balaban J connectivity index is 2.82. The fourth-order valence-corrected chi connectivity index (χ4v) is 1.84. The molecular weight excluding hydrogens is 278 g/mol. The fraction of sp³-hybridized carbons (Fsp3) is 0.769. The lowest BCUT2D eigenvalue weighted by molar-refractivity contribution is 0.0474. The molecule has 1 aromatic heterocycles. The van der Waals surface area contributed by atoms with E-state index in [-0.39, 0.29) is 12.0 Å². The van der Waals surface area contributed by atoms with Crippen LogP contribution in [-0.4, -0.2) is 28.1 Å². The van der Waals surface area contributed by atoms with E-state index in [9.17, 15) is 4.79 Å². The molecule has 20 heavy (non-hydrogen) atoms. The lowest BCUT2D eigenvalue weighted by Crippen LogP contribution is -2.37. The molecule has 0 saturated carbocycles. The molecule has 0 aromatic carbocycles. The van der Waals surface area contributed by atoms with Crippen LogP contribution in [0.15, 0.2) is 9.64 Å². The molecule has 0 spiro atoms. The molecule has 1 aromatic rings. The summed E-state index contributed by atoms with van der Waals surface area (Å²) in [6.07, 6.45) is 2.25. The summed E-state index contributed by atoms with van der Waals surface area (Å²) in [5, 5.41) is 11.2. The molecule has 7 heteroatoms. The summed E-state index contributed by atoms with van der Waals surface area (Å²) >= 11 is 1.37. The SMILES string of the molecule is CCC(C)[C@H](NC(=O)OC(C)(C)C)c1nnc(SC)o1. The topological polar surface area (TPSA) is 77.2 Å². The molecule has 2 atom stereocenters. The summed E-state index contributed by atoms with van der Waals surface area (Å²) in [5.74, 6) is 0.576. The van der Waals surface area contributed by atoms with Gasteiger partial charge >= 0.3 is 6.09 Å². The van der Waals surface area contributed by atoms with Crippen LogP contribution in [0.3, 0.4) is 0 Å². The molecule has 114 valence electrons. The molecule has 0 aliphatic rings. The van der Waals surface area contributed by atoms with Crippen molar-refractivity contribution in [2.24, 2.45) is 5.92 Å². The second-order valence-corrected chi connectivity index (χ2v) is 6.38. The molecule has 1 unspecified atom stereocenters. The van der Waals surface area contributed by atoms with Crippen molar-refractivity contribution in [2.75, 3.05) is 6.26 Å². The van der Waals surface area contributed by atoms with Crippen LogP contribution >= 0.6 is 11.8 Å². The largest absolute Gasteiger partial charge is 0.444 e. The predicted octanol–water partition coefficient (Wildman–Crippen LogP) is 3.40. The summed E-state index contributed by atoms with van der Waals surface area (Å²) in [6, 6.07) is -0.344. The van der Waals surface area contributed by atoms with Gasteiger partial charge in [0.05, 0.1) is 0 Å². The van der Waals surface area contributed by atoms with Gasteiger partial charge in [0.1, 0.15) is 11.6 Å². The van der Waals surface area contributed by atoms with Gasteiger partial charge in [-0.05, 0) is 32.9 Å². The molecule has 1 N–H and O–H groups in total. The van der Waals surface area contributed by atoms with Gasteiger partial charge in [-0.3, -0.25) is 0 Å². The summed E-state index contributed by atoms with van der Waals surface area (Å²) in [7, 11) is 0. The zero-order valence-electron chi connectivity index (χ0n) is 12.9.